The van der Waals surface area contributed by atoms with Crippen molar-refractivity contribution in [3.8, 4) is 5.75 Å². The van der Waals surface area contributed by atoms with E-state index in [0.29, 0.717) is 17.7 Å². The Morgan fingerprint density at radius 3 is 2.81 bits per heavy atom. The molecule has 0 atom stereocenters. The topological polar surface area (TPSA) is 44.1 Å². The Labute approximate surface area is 165 Å². The Hall–Kier alpha value is -2.57. The van der Waals surface area contributed by atoms with Gasteiger partial charge in [0.25, 0.3) is 5.56 Å². The summed E-state index contributed by atoms with van der Waals surface area (Å²) >= 11 is 3.22. The van der Waals surface area contributed by atoms with Crippen LogP contribution >= 0.6 is 23.1 Å². The van der Waals surface area contributed by atoms with E-state index in [1.807, 2.05) is 60.0 Å². The van der Waals surface area contributed by atoms with E-state index in [2.05, 4.69) is 6.07 Å². The van der Waals surface area contributed by atoms with Gasteiger partial charge < -0.3 is 4.74 Å². The van der Waals surface area contributed by atoms with Crippen LogP contribution in [0.5, 0.6) is 5.75 Å². The molecular formula is C21H18N2O2S2. The fourth-order valence-electron chi connectivity index (χ4n) is 2.87. The molecule has 27 heavy (non-hydrogen) atoms. The number of para-hydroxylation sites is 1. The molecule has 0 saturated carbocycles. The third-order valence-electron chi connectivity index (χ3n) is 4.22. The van der Waals surface area contributed by atoms with Crippen LogP contribution in [-0.4, -0.2) is 16.7 Å². The largest absolute Gasteiger partial charge is 0.497 e. The lowest BCUT2D eigenvalue weighted by atomic mass is 10.2. The molecule has 0 saturated heterocycles. The lowest BCUT2D eigenvalue weighted by Gasteiger charge is -2.12. The summed E-state index contributed by atoms with van der Waals surface area (Å²) in [5.74, 6) is 1.54. The van der Waals surface area contributed by atoms with Crippen LogP contribution in [-0.2, 0) is 12.3 Å². The highest BCUT2D eigenvalue weighted by Gasteiger charge is 2.13. The van der Waals surface area contributed by atoms with E-state index >= 15 is 0 Å². The molecule has 136 valence electrons. The number of thioether (sulfide) groups is 1. The minimum absolute atomic E-state index is 0.00198. The summed E-state index contributed by atoms with van der Waals surface area (Å²) in [6, 6.07) is 19.5. The second kappa shape index (κ2) is 7.98. The van der Waals surface area contributed by atoms with Crippen molar-refractivity contribution < 1.29 is 4.74 Å². The number of thiophene rings is 1. The summed E-state index contributed by atoms with van der Waals surface area (Å²) in [6.07, 6.45) is 0. The smallest absolute Gasteiger partial charge is 0.262 e. The van der Waals surface area contributed by atoms with Crippen LogP contribution in [0.3, 0.4) is 0 Å². The van der Waals surface area contributed by atoms with Crippen LogP contribution in [0.1, 0.15) is 10.4 Å². The number of rotatable bonds is 6. The highest BCUT2D eigenvalue weighted by atomic mass is 32.2. The monoisotopic (exact) mass is 394 g/mol. The molecule has 4 rings (SSSR count). The zero-order valence-corrected chi connectivity index (χ0v) is 16.4. The molecule has 0 fully saturated rings. The van der Waals surface area contributed by atoms with E-state index in [9.17, 15) is 4.79 Å². The van der Waals surface area contributed by atoms with Gasteiger partial charge in [0.2, 0.25) is 0 Å². The first-order valence-corrected chi connectivity index (χ1v) is 10.4. The normalized spacial score (nSPS) is 11.0. The van der Waals surface area contributed by atoms with E-state index in [4.69, 9.17) is 9.72 Å². The third-order valence-corrected chi connectivity index (χ3v) is 6.13. The third kappa shape index (κ3) is 3.91. The lowest BCUT2D eigenvalue weighted by molar-refractivity contribution is 0.414. The van der Waals surface area contributed by atoms with Crippen molar-refractivity contribution in [3.05, 3.63) is 86.8 Å². The second-order valence-corrected chi connectivity index (χ2v) is 8.00. The highest BCUT2D eigenvalue weighted by molar-refractivity contribution is 7.98. The number of benzene rings is 2. The van der Waals surface area contributed by atoms with E-state index in [1.54, 1.807) is 34.8 Å². The van der Waals surface area contributed by atoms with Crippen molar-refractivity contribution in [2.45, 2.75) is 17.5 Å². The van der Waals surface area contributed by atoms with Crippen molar-refractivity contribution in [1.82, 2.24) is 9.55 Å². The van der Waals surface area contributed by atoms with Gasteiger partial charge >= 0.3 is 0 Å². The van der Waals surface area contributed by atoms with Gasteiger partial charge in [0, 0.05) is 10.6 Å². The molecule has 4 nitrogen and oxygen atoms in total. The zero-order valence-electron chi connectivity index (χ0n) is 14.8. The predicted molar refractivity (Wildman–Crippen MR) is 112 cm³/mol. The van der Waals surface area contributed by atoms with E-state index in [0.717, 1.165) is 26.9 Å². The number of hydrogen-bond donors (Lipinski definition) is 0. The van der Waals surface area contributed by atoms with Gasteiger partial charge in [-0.2, -0.15) is 0 Å². The maximum absolute atomic E-state index is 13.1. The molecule has 4 aromatic rings. The predicted octanol–water partition coefficient (Wildman–Crippen LogP) is 4.81. The van der Waals surface area contributed by atoms with Gasteiger partial charge in [-0.05, 0) is 41.3 Å². The first-order chi connectivity index (χ1) is 13.2. The summed E-state index contributed by atoms with van der Waals surface area (Å²) in [6.45, 7) is 0.536. The van der Waals surface area contributed by atoms with Crippen molar-refractivity contribution >= 4 is 34.0 Å². The number of fused-ring (bicyclic) bond motifs is 1. The maximum atomic E-state index is 13.1. The van der Waals surface area contributed by atoms with Gasteiger partial charge in [-0.25, -0.2) is 4.98 Å². The number of aromatic nitrogens is 2. The lowest BCUT2D eigenvalue weighted by Crippen LogP contribution is -2.23. The molecular weight excluding hydrogens is 376 g/mol. The molecule has 2 heterocycles. The van der Waals surface area contributed by atoms with Crippen molar-refractivity contribution in [2.24, 2.45) is 0 Å². The number of methoxy groups -OCH3 is 1. The van der Waals surface area contributed by atoms with Gasteiger partial charge in [0.1, 0.15) is 5.75 Å². The average Bonchev–Trinajstić information content (AvgIpc) is 3.22. The molecule has 0 unspecified atom stereocenters. The summed E-state index contributed by atoms with van der Waals surface area (Å²) in [5, 5.41) is 3.41. The molecule has 2 aromatic heterocycles. The Morgan fingerprint density at radius 1 is 1.11 bits per heavy atom. The Morgan fingerprint density at radius 2 is 2.00 bits per heavy atom. The fourth-order valence-corrected chi connectivity index (χ4v) is 4.50. The summed E-state index contributed by atoms with van der Waals surface area (Å²) in [7, 11) is 1.66. The standard InChI is InChI=1S/C21H18N2O2S2/c1-25-16-7-4-6-15(12-16)14-27-21-22-19-10-3-2-9-18(19)20(24)23(21)13-17-8-5-11-26-17/h2-12H,13-14H2,1H3. The van der Waals surface area contributed by atoms with Crippen LogP contribution < -0.4 is 10.3 Å². The minimum Gasteiger partial charge on any atom is -0.497 e. The van der Waals surface area contributed by atoms with Crippen molar-refractivity contribution in [2.75, 3.05) is 7.11 Å². The molecule has 0 N–H and O–H groups in total. The van der Waals surface area contributed by atoms with E-state index < -0.39 is 0 Å². The summed E-state index contributed by atoms with van der Waals surface area (Å²) in [4.78, 5) is 19.0. The van der Waals surface area contributed by atoms with E-state index in [-0.39, 0.29) is 5.56 Å². The highest BCUT2D eigenvalue weighted by Crippen LogP contribution is 2.25. The van der Waals surface area contributed by atoms with Gasteiger partial charge in [-0.1, -0.05) is 42.1 Å². The van der Waals surface area contributed by atoms with Crippen LogP contribution in [0.15, 0.2) is 76.0 Å². The maximum Gasteiger partial charge on any atom is 0.262 e. The molecule has 0 radical (unpaired) electrons. The van der Waals surface area contributed by atoms with Crippen LogP contribution in [0, 0.1) is 0 Å². The van der Waals surface area contributed by atoms with Gasteiger partial charge in [-0.15, -0.1) is 11.3 Å². The Balaban J connectivity index is 1.72. The molecule has 0 amide bonds. The fraction of sp³-hybridized carbons (Fsp3) is 0.143. The van der Waals surface area contributed by atoms with E-state index in [1.165, 1.54) is 0 Å². The van der Waals surface area contributed by atoms with Crippen molar-refractivity contribution in [3.63, 3.8) is 0 Å². The van der Waals surface area contributed by atoms with Crippen molar-refractivity contribution in [1.29, 1.82) is 0 Å². The molecule has 0 aliphatic carbocycles. The first kappa shape index (κ1) is 17.8. The Kier molecular flexibility index (Phi) is 5.27. The molecule has 0 bridgehead atoms. The Bertz CT molecular complexity index is 1120. The number of nitrogens with zero attached hydrogens (tertiary/aromatic N) is 2. The number of ether oxygens (including phenoxy) is 1. The molecule has 0 aliphatic heterocycles. The second-order valence-electron chi connectivity index (χ2n) is 6.02. The zero-order chi connectivity index (χ0) is 18.6. The molecule has 0 aliphatic rings. The van der Waals surface area contributed by atoms with Crippen LogP contribution in [0.2, 0.25) is 0 Å². The van der Waals surface area contributed by atoms with Gasteiger partial charge in [0.15, 0.2) is 5.16 Å². The molecule has 2 aromatic carbocycles. The van der Waals surface area contributed by atoms with Gasteiger partial charge in [0.05, 0.1) is 24.6 Å². The average molecular weight is 395 g/mol. The molecule has 0 spiro atoms. The number of hydrogen-bond acceptors (Lipinski definition) is 5. The summed E-state index contributed by atoms with van der Waals surface area (Å²) in [5.41, 5.74) is 1.87. The van der Waals surface area contributed by atoms with Gasteiger partial charge in [-0.3, -0.25) is 9.36 Å². The SMILES string of the molecule is COc1cccc(CSc2nc3ccccc3c(=O)n2Cc2cccs2)c1. The summed E-state index contributed by atoms with van der Waals surface area (Å²) < 4.78 is 7.08. The quantitative estimate of drug-likeness (QED) is 0.348. The van der Waals surface area contributed by atoms with Crippen LogP contribution in [0.4, 0.5) is 0 Å². The minimum atomic E-state index is 0.00198. The molecule has 6 heteroatoms. The van der Waals surface area contributed by atoms with Crippen LogP contribution in [0.25, 0.3) is 10.9 Å². The first-order valence-electron chi connectivity index (χ1n) is 8.52.